The quantitative estimate of drug-likeness (QED) is 0.776. The fourth-order valence-electron chi connectivity index (χ4n) is 1.04. The third kappa shape index (κ3) is 1.82. The lowest BCUT2D eigenvalue weighted by atomic mass is 10.3. The highest BCUT2D eigenvalue weighted by atomic mass is 16.3. The first-order chi connectivity index (χ1) is 6.86. The number of carbonyl (C=O) groups excluding carboxylic acids is 1. The Morgan fingerprint density at radius 1 is 1.64 bits per heavy atom. The van der Waals surface area contributed by atoms with Crippen molar-refractivity contribution in [2.24, 2.45) is 0 Å². The van der Waals surface area contributed by atoms with E-state index in [2.05, 4.69) is 10.3 Å². The minimum Gasteiger partial charge on any atom is -0.472 e. The lowest BCUT2D eigenvalue weighted by Gasteiger charge is -2.02. The minimum absolute atomic E-state index is 0.205. The van der Waals surface area contributed by atoms with Crippen molar-refractivity contribution in [3.63, 3.8) is 0 Å². The number of aromatic nitrogens is 2. The number of imidazole rings is 1. The molecule has 2 rings (SSSR count). The van der Waals surface area contributed by atoms with E-state index in [1.165, 1.54) is 10.9 Å². The lowest BCUT2D eigenvalue weighted by Crippen LogP contribution is -2.26. The van der Waals surface area contributed by atoms with Crippen LogP contribution in [0.25, 0.3) is 0 Å². The van der Waals surface area contributed by atoms with Crippen LogP contribution in [0.4, 0.5) is 4.79 Å². The highest BCUT2D eigenvalue weighted by Crippen LogP contribution is 1.98. The van der Waals surface area contributed by atoms with E-state index in [0.717, 1.165) is 5.56 Å². The monoisotopic (exact) mass is 191 g/mol. The first kappa shape index (κ1) is 8.55. The lowest BCUT2D eigenvalue weighted by molar-refractivity contribution is 0.242. The van der Waals surface area contributed by atoms with Gasteiger partial charge >= 0.3 is 6.03 Å². The molecule has 0 aliphatic rings. The number of carbonyl (C=O) groups is 1. The molecule has 2 heterocycles. The van der Waals surface area contributed by atoms with Gasteiger partial charge in [0.05, 0.1) is 12.5 Å². The van der Waals surface area contributed by atoms with Gasteiger partial charge < -0.3 is 9.73 Å². The molecule has 2 aromatic heterocycles. The Balaban J connectivity index is 1.90. The molecule has 14 heavy (non-hydrogen) atoms. The SMILES string of the molecule is O=C(NCc1ccoc1)n1ccnc1. The fourth-order valence-corrected chi connectivity index (χ4v) is 1.04. The van der Waals surface area contributed by atoms with Crippen LogP contribution in [-0.4, -0.2) is 15.6 Å². The number of furan rings is 1. The molecule has 1 N–H and O–H groups in total. The molecule has 0 aliphatic heterocycles. The summed E-state index contributed by atoms with van der Waals surface area (Å²) in [4.78, 5) is 15.2. The Morgan fingerprint density at radius 3 is 3.21 bits per heavy atom. The van der Waals surface area contributed by atoms with Crippen LogP contribution in [0.15, 0.2) is 41.7 Å². The molecule has 0 aromatic carbocycles. The predicted octanol–water partition coefficient (Wildman–Crippen LogP) is 1.23. The van der Waals surface area contributed by atoms with Crippen LogP contribution < -0.4 is 5.32 Å². The molecular formula is C9H9N3O2. The van der Waals surface area contributed by atoms with E-state index in [1.54, 1.807) is 31.0 Å². The maximum absolute atomic E-state index is 11.4. The topological polar surface area (TPSA) is 60.1 Å². The van der Waals surface area contributed by atoms with E-state index in [1.807, 2.05) is 0 Å². The fraction of sp³-hybridized carbons (Fsp3) is 0.111. The number of nitrogens with zero attached hydrogens (tertiary/aromatic N) is 2. The number of hydrogen-bond donors (Lipinski definition) is 1. The first-order valence-electron chi connectivity index (χ1n) is 4.13. The largest absolute Gasteiger partial charge is 0.472 e. The van der Waals surface area contributed by atoms with Gasteiger partial charge in [-0.2, -0.15) is 0 Å². The van der Waals surface area contributed by atoms with Gasteiger partial charge in [0.1, 0.15) is 6.33 Å². The average molecular weight is 191 g/mol. The number of rotatable bonds is 2. The number of nitrogens with one attached hydrogen (secondary N) is 1. The van der Waals surface area contributed by atoms with Crippen molar-refractivity contribution in [1.82, 2.24) is 14.9 Å². The molecule has 0 fully saturated rings. The molecule has 0 spiro atoms. The number of amides is 1. The van der Waals surface area contributed by atoms with Gasteiger partial charge in [0.25, 0.3) is 0 Å². The molecular weight excluding hydrogens is 182 g/mol. The van der Waals surface area contributed by atoms with Crippen LogP contribution in [0.3, 0.4) is 0 Å². The molecule has 0 saturated heterocycles. The Labute approximate surface area is 80.4 Å². The second kappa shape index (κ2) is 3.78. The van der Waals surface area contributed by atoms with Crippen LogP contribution in [0.1, 0.15) is 5.56 Å². The van der Waals surface area contributed by atoms with Gasteiger partial charge in [0.2, 0.25) is 0 Å². The van der Waals surface area contributed by atoms with E-state index in [9.17, 15) is 4.79 Å². The van der Waals surface area contributed by atoms with Crippen molar-refractivity contribution in [3.05, 3.63) is 42.9 Å². The van der Waals surface area contributed by atoms with Gasteiger partial charge in [-0.3, -0.25) is 4.57 Å². The van der Waals surface area contributed by atoms with Crippen LogP contribution in [-0.2, 0) is 6.54 Å². The molecule has 5 nitrogen and oxygen atoms in total. The molecule has 0 saturated carbocycles. The van der Waals surface area contributed by atoms with Gasteiger partial charge in [-0.15, -0.1) is 0 Å². The summed E-state index contributed by atoms with van der Waals surface area (Å²) in [5.41, 5.74) is 0.929. The Kier molecular flexibility index (Phi) is 2.31. The van der Waals surface area contributed by atoms with Gasteiger partial charge in [-0.1, -0.05) is 0 Å². The van der Waals surface area contributed by atoms with Crippen LogP contribution in [0.2, 0.25) is 0 Å². The van der Waals surface area contributed by atoms with Crippen LogP contribution in [0.5, 0.6) is 0 Å². The molecule has 72 valence electrons. The molecule has 0 unspecified atom stereocenters. The molecule has 0 bridgehead atoms. The standard InChI is InChI=1S/C9H9N3O2/c13-9(12-3-2-10-7-12)11-5-8-1-4-14-6-8/h1-4,6-7H,5H2,(H,11,13). The number of hydrogen-bond acceptors (Lipinski definition) is 3. The Bertz CT molecular complexity index is 392. The summed E-state index contributed by atoms with van der Waals surface area (Å²) in [6.07, 6.45) is 7.75. The molecule has 5 heteroatoms. The van der Waals surface area contributed by atoms with Crippen molar-refractivity contribution >= 4 is 6.03 Å². The summed E-state index contributed by atoms with van der Waals surface area (Å²) < 4.78 is 6.24. The van der Waals surface area contributed by atoms with Gasteiger partial charge in [0, 0.05) is 24.5 Å². The van der Waals surface area contributed by atoms with Crippen LogP contribution >= 0.6 is 0 Å². The normalized spacial score (nSPS) is 10.0. The zero-order valence-electron chi connectivity index (χ0n) is 7.38. The molecule has 0 atom stereocenters. The highest BCUT2D eigenvalue weighted by molar-refractivity contribution is 5.76. The van der Waals surface area contributed by atoms with Crippen molar-refractivity contribution < 1.29 is 9.21 Å². The maximum Gasteiger partial charge on any atom is 0.327 e. The van der Waals surface area contributed by atoms with Crippen LogP contribution in [0, 0.1) is 0 Å². The predicted molar refractivity (Wildman–Crippen MR) is 48.6 cm³/mol. The van der Waals surface area contributed by atoms with E-state index in [0.29, 0.717) is 6.54 Å². The van der Waals surface area contributed by atoms with E-state index in [4.69, 9.17) is 4.42 Å². The van der Waals surface area contributed by atoms with Gasteiger partial charge in [-0.25, -0.2) is 9.78 Å². The zero-order chi connectivity index (χ0) is 9.80. The summed E-state index contributed by atoms with van der Waals surface area (Å²) in [6, 6.07) is 1.59. The smallest absolute Gasteiger partial charge is 0.327 e. The van der Waals surface area contributed by atoms with Crippen molar-refractivity contribution in [3.8, 4) is 0 Å². The third-order valence-corrected chi connectivity index (χ3v) is 1.76. The van der Waals surface area contributed by atoms with Crippen molar-refractivity contribution in [2.75, 3.05) is 0 Å². The van der Waals surface area contributed by atoms with E-state index >= 15 is 0 Å². The van der Waals surface area contributed by atoms with Crippen molar-refractivity contribution in [2.45, 2.75) is 6.54 Å². The minimum atomic E-state index is -0.205. The molecule has 2 aromatic rings. The summed E-state index contributed by atoms with van der Waals surface area (Å²) >= 11 is 0. The zero-order valence-corrected chi connectivity index (χ0v) is 7.38. The van der Waals surface area contributed by atoms with Gasteiger partial charge in [-0.05, 0) is 6.07 Å². The summed E-state index contributed by atoms with van der Waals surface area (Å²) in [7, 11) is 0. The van der Waals surface area contributed by atoms with Crippen molar-refractivity contribution in [1.29, 1.82) is 0 Å². The van der Waals surface area contributed by atoms with E-state index < -0.39 is 0 Å². The second-order valence-electron chi connectivity index (χ2n) is 2.76. The first-order valence-corrected chi connectivity index (χ1v) is 4.13. The van der Waals surface area contributed by atoms with E-state index in [-0.39, 0.29) is 6.03 Å². The molecule has 0 aliphatic carbocycles. The summed E-state index contributed by atoms with van der Waals surface area (Å²) in [5, 5.41) is 2.71. The third-order valence-electron chi connectivity index (χ3n) is 1.76. The maximum atomic E-state index is 11.4. The second-order valence-corrected chi connectivity index (χ2v) is 2.76. The Morgan fingerprint density at radius 2 is 2.57 bits per heavy atom. The Hall–Kier alpha value is -2.04. The average Bonchev–Trinajstić information content (AvgIpc) is 2.87. The molecule has 0 radical (unpaired) electrons. The summed E-state index contributed by atoms with van der Waals surface area (Å²) in [6.45, 7) is 0.452. The van der Waals surface area contributed by atoms with Gasteiger partial charge in [0.15, 0.2) is 0 Å². The highest BCUT2D eigenvalue weighted by Gasteiger charge is 2.02. The summed E-state index contributed by atoms with van der Waals surface area (Å²) in [5.74, 6) is 0. The molecule has 1 amide bonds.